The Balaban J connectivity index is 2.56. The molecule has 0 heterocycles. The van der Waals surface area contributed by atoms with Crippen LogP contribution in [-0.4, -0.2) is 0 Å². The van der Waals surface area contributed by atoms with Crippen LogP contribution in [0.2, 0.25) is 0 Å². The Kier molecular flexibility index (Phi) is 3.61. The topological polar surface area (TPSA) is 0 Å². The van der Waals surface area contributed by atoms with Crippen LogP contribution >= 0.6 is 0 Å². The maximum Gasteiger partial charge on any atom is -0.0334 e. The zero-order valence-electron chi connectivity index (χ0n) is 9.14. The lowest BCUT2D eigenvalue weighted by Crippen LogP contribution is -2.20. The van der Waals surface area contributed by atoms with Crippen molar-refractivity contribution in [3.63, 3.8) is 0 Å². The van der Waals surface area contributed by atoms with E-state index in [4.69, 9.17) is 0 Å². The maximum atomic E-state index is 2.45. The third-order valence-electron chi connectivity index (χ3n) is 4.02. The Hall–Kier alpha value is 0. The summed E-state index contributed by atoms with van der Waals surface area (Å²) in [6.07, 6.45) is 5.74. The molecule has 0 aromatic heterocycles. The summed E-state index contributed by atoms with van der Waals surface area (Å²) >= 11 is 0. The second-order valence-electron chi connectivity index (χ2n) is 4.69. The highest BCUT2D eigenvalue weighted by molar-refractivity contribution is 4.84. The van der Waals surface area contributed by atoms with Crippen molar-refractivity contribution in [2.24, 2.45) is 23.7 Å². The smallest absolute Gasteiger partial charge is 0.0334 e. The van der Waals surface area contributed by atoms with Crippen LogP contribution < -0.4 is 0 Å². The molecule has 0 N–H and O–H groups in total. The van der Waals surface area contributed by atoms with Gasteiger partial charge in [-0.25, -0.2) is 0 Å². The number of hydrogen-bond acceptors (Lipinski definition) is 0. The Bertz CT molecular complexity index is 128. The van der Waals surface area contributed by atoms with E-state index in [1.54, 1.807) is 0 Å². The van der Waals surface area contributed by atoms with Crippen molar-refractivity contribution in [2.45, 2.75) is 53.4 Å². The third-order valence-corrected chi connectivity index (χ3v) is 4.02. The molecule has 0 aromatic rings. The van der Waals surface area contributed by atoms with Crippen LogP contribution in [0, 0.1) is 23.7 Å². The Morgan fingerprint density at radius 3 is 2.42 bits per heavy atom. The van der Waals surface area contributed by atoms with Gasteiger partial charge in [0.2, 0.25) is 0 Å². The summed E-state index contributed by atoms with van der Waals surface area (Å²) in [6, 6.07) is 0. The first kappa shape index (κ1) is 10.1. The molecule has 0 saturated heterocycles. The highest BCUT2D eigenvalue weighted by atomic mass is 14.4. The largest absolute Gasteiger partial charge is 0.0651 e. The predicted octanol–water partition coefficient (Wildman–Crippen LogP) is 4.10. The van der Waals surface area contributed by atoms with Crippen LogP contribution in [-0.2, 0) is 0 Å². The summed E-state index contributed by atoms with van der Waals surface area (Å²) in [5, 5.41) is 0. The normalized spacial score (nSPS) is 38.5. The van der Waals surface area contributed by atoms with Crippen molar-refractivity contribution in [1.82, 2.24) is 0 Å². The molecule has 0 nitrogen and oxygen atoms in total. The molecule has 4 atom stereocenters. The van der Waals surface area contributed by atoms with Crippen LogP contribution in [0.1, 0.15) is 53.4 Å². The molecular weight excluding hydrogens is 144 g/mol. The molecule has 1 rings (SSSR count). The summed E-state index contributed by atoms with van der Waals surface area (Å²) in [6.45, 7) is 9.59. The van der Waals surface area contributed by atoms with E-state index in [1.807, 2.05) is 0 Å². The molecule has 0 spiro atoms. The molecule has 72 valence electrons. The van der Waals surface area contributed by atoms with Crippen molar-refractivity contribution in [3.05, 3.63) is 0 Å². The maximum absolute atomic E-state index is 2.45. The van der Waals surface area contributed by atoms with E-state index in [0.717, 1.165) is 23.7 Å². The minimum atomic E-state index is 0.951. The molecule has 0 aromatic carbocycles. The van der Waals surface area contributed by atoms with Gasteiger partial charge in [0, 0.05) is 0 Å². The number of rotatable bonds is 3. The van der Waals surface area contributed by atoms with Crippen molar-refractivity contribution >= 4 is 0 Å². The zero-order chi connectivity index (χ0) is 9.14. The van der Waals surface area contributed by atoms with Crippen molar-refractivity contribution in [1.29, 1.82) is 0 Å². The second kappa shape index (κ2) is 4.30. The average molecular weight is 168 g/mol. The summed E-state index contributed by atoms with van der Waals surface area (Å²) in [7, 11) is 0. The minimum absolute atomic E-state index is 0.951. The minimum Gasteiger partial charge on any atom is -0.0651 e. The summed E-state index contributed by atoms with van der Waals surface area (Å²) < 4.78 is 0. The standard InChI is InChI=1S/C12H24/c1-5-9(3)12-10(4)7-8-11(12)6-2/h9-12H,5-8H2,1-4H3. The quantitative estimate of drug-likeness (QED) is 0.595. The zero-order valence-corrected chi connectivity index (χ0v) is 9.14. The van der Waals surface area contributed by atoms with E-state index in [0.29, 0.717) is 0 Å². The summed E-state index contributed by atoms with van der Waals surface area (Å²) in [4.78, 5) is 0. The first-order chi connectivity index (χ1) is 5.70. The first-order valence-electron chi connectivity index (χ1n) is 5.70. The van der Waals surface area contributed by atoms with Crippen molar-refractivity contribution < 1.29 is 0 Å². The Morgan fingerprint density at radius 2 is 1.92 bits per heavy atom. The molecule has 0 radical (unpaired) electrons. The van der Waals surface area contributed by atoms with Crippen LogP contribution in [0.4, 0.5) is 0 Å². The van der Waals surface area contributed by atoms with Gasteiger partial charge in [0.25, 0.3) is 0 Å². The molecular formula is C12H24. The molecule has 0 bridgehead atoms. The molecule has 1 aliphatic carbocycles. The van der Waals surface area contributed by atoms with E-state index in [2.05, 4.69) is 27.7 Å². The van der Waals surface area contributed by atoms with Crippen molar-refractivity contribution in [2.75, 3.05) is 0 Å². The fourth-order valence-corrected chi connectivity index (χ4v) is 3.10. The van der Waals surface area contributed by atoms with Crippen LogP contribution in [0.25, 0.3) is 0 Å². The molecule has 1 aliphatic rings. The fourth-order valence-electron chi connectivity index (χ4n) is 3.10. The summed E-state index contributed by atoms with van der Waals surface area (Å²) in [5.41, 5.74) is 0. The molecule has 12 heavy (non-hydrogen) atoms. The highest BCUT2D eigenvalue weighted by Crippen LogP contribution is 2.43. The molecule has 0 aliphatic heterocycles. The van der Waals surface area contributed by atoms with E-state index >= 15 is 0 Å². The van der Waals surface area contributed by atoms with Gasteiger partial charge in [-0.1, -0.05) is 47.0 Å². The van der Waals surface area contributed by atoms with Gasteiger partial charge in [0.15, 0.2) is 0 Å². The van der Waals surface area contributed by atoms with Crippen LogP contribution in [0.5, 0.6) is 0 Å². The molecule has 4 unspecified atom stereocenters. The van der Waals surface area contributed by atoms with Crippen LogP contribution in [0.15, 0.2) is 0 Å². The third kappa shape index (κ3) is 1.84. The molecule has 1 fully saturated rings. The Labute approximate surface area is 77.7 Å². The van der Waals surface area contributed by atoms with Gasteiger partial charge in [-0.15, -0.1) is 0 Å². The van der Waals surface area contributed by atoms with Gasteiger partial charge >= 0.3 is 0 Å². The van der Waals surface area contributed by atoms with Crippen LogP contribution in [0.3, 0.4) is 0 Å². The highest BCUT2D eigenvalue weighted by Gasteiger charge is 2.34. The fraction of sp³-hybridized carbons (Fsp3) is 1.00. The summed E-state index contributed by atoms with van der Waals surface area (Å²) in [5.74, 6) is 4.01. The van der Waals surface area contributed by atoms with Gasteiger partial charge in [0.05, 0.1) is 0 Å². The van der Waals surface area contributed by atoms with Crippen molar-refractivity contribution in [3.8, 4) is 0 Å². The van der Waals surface area contributed by atoms with Gasteiger partial charge in [-0.05, 0) is 30.1 Å². The first-order valence-corrected chi connectivity index (χ1v) is 5.70. The van der Waals surface area contributed by atoms with Gasteiger partial charge in [0.1, 0.15) is 0 Å². The monoisotopic (exact) mass is 168 g/mol. The van der Waals surface area contributed by atoms with E-state index in [-0.39, 0.29) is 0 Å². The lowest BCUT2D eigenvalue weighted by atomic mass is 9.78. The lowest BCUT2D eigenvalue weighted by Gasteiger charge is -2.27. The van der Waals surface area contributed by atoms with Gasteiger partial charge < -0.3 is 0 Å². The number of hydrogen-bond donors (Lipinski definition) is 0. The molecule has 0 amide bonds. The second-order valence-corrected chi connectivity index (χ2v) is 4.69. The molecule has 0 heteroatoms. The van der Waals surface area contributed by atoms with E-state index in [9.17, 15) is 0 Å². The lowest BCUT2D eigenvalue weighted by molar-refractivity contribution is 0.218. The van der Waals surface area contributed by atoms with E-state index in [1.165, 1.54) is 25.7 Å². The average Bonchev–Trinajstić information content (AvgIpc) is 2.45. The van der Waals surface area contributed by atoms with Gasteiger partial charge in [-0.3, -0.25) is 0 Å². The SMILES string of the molecule is CCC(C)C1C(C)CCC1CC. The predicted molar refractivity (Wildman–Crippen MR) is 55.1 cm³/mol. The van der Waals surface area contributed by atoms with Gasteiger partial charge in [-0.2, -0.15) is 0 Å². The Morgan fingerprint density at radius 1 is 1.25 bits per heavy atom. The van der Waals surface area contributed by atoms with E-state index < -0.39 is 0 Å². The molecule has 1 saturated carbocycles.